The quantitative estimate of drug-likeness (QED) is 0.913. The number of ether oxygens (including phenoxy) is 1. The summed E-state index contributed by atoms with van der Waals surface area (Å²) in [6.45, 7) is 7.81. The van der Waals surface area contributed by atoms with Gasteiger partial charge in [0, 0.05) is 36.8 Å². The number of para-hydroxylation sites is 1. The van der Waals surface area contributed by atoms with Crippen molar-refractivity contribution >= 4 is 0 Å². The highest BCUT2D eigenvalue weighted by atomic mass is 16.5. The third-order valence-corrected chi connectivity index (χ3v) is 4.59. The van der Waals surface area contributed by atoms with Crippen LogP contribution in [0.15, 0.2) is 24.3 Å². The second kappa shape index (κ2) is 5.38. The standard InChI is InChI=1S/C17H26N2O/c1-17(2)12-19(15(10-18-17)13-8-9-13)11-14-6-4-5-7-16(14)20-3/h4-7,13,15,18H,8-12H2,1-3H3. The largest absolute Gasteiger partial charge is 0.496 e. The molecule has 1 unspecified atom stereocenters. The van der Waals surface area contributed by atoms with Gasteiger partial charge in [0.2, 0.25) is 0 Å². The van der Waals surface area contributed by atoms with Crippen LogP contribution in [0.5, 0.6) is 5.75 Å². The maximum absolute atomic E-state index is 5.51. The van der Waals surface area contributed by atoms with Gasteiger partial charge in [-0.3, -0.25) is 4.90 Å². The summed E-state index contributed by atoms with van der Waals surface area (Å²) in [5.74, 6) is 1.91. The van der Waals surface area contributed by atoms with Gasteiger partial charge in [0.05, 0.1) is 7.11 Å². The van der Waals surface area contributed by atoms with Crippen LogP contribution >= 0.6 is 0 Å². The highest BCUT2D eigenvalue weighted by molar-refractivity contribution is 5.33. The van der Waals surface area contributed by atoms with Gasteiger partial charge >= 0.3 is 0 Å². The van der Waals surface area contributed by atoms with Gasteiger partial charge in [0.15, 0.2) is 0 Å². The number of rotatable bonds is 4. The molecule has 1 aliphatic heterocycles. The summed E-state index contributed by atoms with van der Waals surface area (Å²) in [6.07, 6.45) is 2.80. The van der Waals surface area contributed by atoms with Crippen molar-refractivity contribution in [1.82, 2.24) is 10.2 Å². The van der Waals surface area contributed by atoms with Crippen LogP contribution in [0.4, 0.5) is 0 Å². The molecule has 0 aromatic heterocycles. The average molecular weight is 274 g/mol. The number of hydrogen-bond donors (Lipinski definition) is 1. The van der Waals surface area contributed by atoms with Gasteiger partial charge in [-0.15, -0.1) is 0 Å². The van der Waals surface area contributed by atoms with Gasteiger partial charge in [-0.25, -0.2) is 0 Å². The number of hydrogen-bond acceptors (Lipinski definition) is 3. The molecular formula is C17H26N2O. The first-order chi connectivity index (χ1) is 9.59. The first-order valence-corrected chi connectivity index (χ1v) is 7.70. The van der Waals surface area contributed by atoms with Crippen LogP contribution in [0.1, 0.15) is 32.3 Å². The topological polar surface area (TPSA) is 24.5 Å². The number of benzene rings is 1. The van der Waals surface area contributed by atoms with Gasteiger partial charge in [0.25, 0.3) is 0 Å². The lowest BCUT2D eigenvalue weighted by Crippen LogP contribution is -2.61. The van der Waals surface area contributed by atoms with Gasteiger partial charge in [-0.05, 0) is 38.7 Å². The highest BCUT2D eigenvalue weighted by Gasteiger charge is 2.40. The van der Waals surface area contributed by atoms with Crippen molar-refractivity contribution in [3.05, 3.63) is 29.8 Å². The Hall–Kier alpha value is -1.06. The van der Waals surface area contributed by atoms with E-state index >= 15 is 0 Å². The van der Waals surface area contributed by atoms with Crippen molar-refractivity contribution in [3.8, 4) is 5.75 Å². The molecule has 0 spiro atoms. The van der Waals surface area contributed by atoms with Crippen LogP contribution in [0.2, 0.25) is 0 Å². The molecular weight excluding hydrogens is 248 g/mol. The third kappa shape index (κ3) is 2.99. The first kappa shape index (κ1) is 13.9. The van der Waals surface area contributed by atoms with Gasteiger partial charge in [-0.2, -0.15) is 0 Å². The minimum atomic E-state index is 0.202. The Balaban J connectivity index is 1.78. The van der Waals surface area contributed by atoms with Crippen LogP contribution in [0.25, 0.3) is 0 Å². The maximum Gasteiger partial charge on any atom is 0.123 e. The molecule has 1 aliphatic carbocycles. The molecule has 1 saturated carbocycles. The smallest absolute Gasteiger partial charge is 0.123 e. The molecule has 3 nitrogen and oxygen atoms in total. The number of piperazine rings is 1. The Morgan fingerprint density at radius 1 is 1.30 bits per heavy atom. The number of nitrogens with zero attached hydrogens (tertiary/aromatic N) is 1. The van der Waals surface area contributed by atoms with E-state index in [-0.39, 0.29) is 5.54 Å². The molecule has 1 N–H and O–H groups in total. The molecule has 3 heteroatoms. The second-order valence-electron chi connectivity index (χ2n) is 6.89. The van der Waals surface area contributed by atoms with Crippen LogP contribution in [-0.2, 0) is 6.54 Å². The van der Waals surface area contributed by atoms with Crippen LogP contribution in [-0.4, -0.2) is 36.7 Å². The zero-order valence-electron chi connectivity index (χ0n) is 12.9. The molecule has 1 aromatic rings. The molecule has 0 bridgehead atoms. The highest BCUT2D eigenvalue weighted by Crippen LogP contribution is 2.38. The number of nitrogens with one attached hydrogen (secondary N) is 1. The maximum atomic E-state index is 5.51. The fourth-order valence-corrected chi connectivity index (χ4v) is 3.36. The average Bonchev–Trinajstić information content (AvgIpc) is 3.23. The van der Waals surface area contributed by atoms with E-state index < -0.39 is 0 Å². The summed E-state index contributed by atoms with van der Waals surface area (Å²) in [6, 6.07) is 9.10. The molecule has 1 heterocycles. The third-order valence-electron chi connectivity index (χ3n) is 4.59. The summed E-state index contributed by atoms with van der Waals surface area (Å²) in [5, 5.41) is 3.70. The fraction of sp³-hybridized carbons (Fsp3) is 0.647. The van der Waals surface area contributed by atoms with Crippen molar-refractivity contribution in [2.75, 3.05) is 20.2 Å². The summed E-state index contributed by atoms with van der Waals surface area (Å²) in [4.78, 5) is 2.66. The Morgan fingerprint density at radius 3 is 2.75 bits per heavy atom. The fourth-order valence-electron chi connectivity index (χ4n) is 3.36. The Labute approximate surface area is 122 Å². The molecule has 2 aliphatic rings. The molecule has 20 heavy (non-hydrogen) atoms. The first-order valence-electron chi connectivity index (χ1n) is 7.70. The Kier molecular flexibility index (Phi) is 3.74. The summed E-state index contributed by atoms with van der Waals surface area (Å²) in [7, 11) is 1.76. The zero-order chi connectivity index (χ0) is 14.2. The van der Waals surface area contributed by atoms with Crippen molar-refractivity contribution in [2.24, 2.45) is 5.92 Å². The monoisotopic (exact) mass is 274 g/mol. The normalized spacial score (nSPS) is 26.4. The van der Waals surface area contributed by atoms with E-state index in [1.54, 1.807) is 7.11 Å². The molecule has 2 fully saturated rings. The molecule has 0 amide bonds. The SMILES string of the molecule is COc1ccccc1CN1CC(C)(C)NCC1C1CC1. The van der Waals surface area contributed by atoms with E-state index in [9.17, 15) is 0 Å². The predicted molar refractivity (Wildman–Crippen MR) is 82.0 cm³/mol. The summed E-state index contributed by atoms with van der Waals surface area (Å²) < 4.78 is 5.51. The van der Waals surface area contributed by atoms with Crippen LogP contribution in [0.3, 0.4) is 0 Å². The van der Waals surface area contributed by atoms with Gasteiger partial charge < -0.3 is 10.1 Å². The van der Waals surface area contributed by atoms with E-state index in [1.165, 1.54) is 18.4 Å². The van der Waals surface area contributed by atoms with E-state index in [0.717, 1.165) is 31.3 Å². The minimum absolute atomic E-state index is 0.202. The molecule has 3 rings (SSSR count). The molecule has 1 aromatic carbocycles. The molecule has 0 radical (unpaired) electrons. The molecule has 1 atom stereocenters. The van der Waals surface area contributed by atoms with Crippen molar-refractivity contribution in [3.63, 3.8) is 0 Å². The van der Waals surface area contributed by atoms with Crippen molar-refractivity contribution < 1.29 is 4.74 Å². The van der Waals surface area contributed by atoms with E-state index in [4.69, 9.17) is 4.74 Å². The van der Waals surface area contributed by atoms with E-state index in [2.05, 4.69) is 42.3 Å². The van der Waals surface area contributed by atoms with E-state index in [1.807, 2.05) is 6.07 Å². The van der Waals surface area contributed by atoms with Gasteiger partial charge in [-0.1, -0.05) is 18.2 Å². The lowest BCUT2D eigenvalue weighted by atomic mass is 9.96. The number of methoxy groups -OCH3 is 1. The van der Waals surface area contributed by atoms with Gasteiger partial charge in [0.1, 0.15) is 5.75 Å². The molecule has 110 valence electrons. The predicted octanol–water partition coefficient (Wildman–Crippen LogP) is 2.66. The zero-order valence-corrected chi connectivity index (χ0v) is 12.9. The summed E-state index contributed by atoms with van der Waals surface area (Å²) in [5.41, 5.74) is 1.51. The van der Waals surface area contributed by atoms with E-state index in [0.29, 0.717) is 6.04 Å². The van der Waals surface area contributed by atoms with Crippen molar-refractivity contribution in [1.29, 1.82) is 0 Å². The Morgan fingerprint density at radius 2 is 2.05 bits per heavy atom. The van der Waals surface area contributed by atoms with Crippen molar-refractivity contribution in [2.45, 2.75) is 44.8 Å². The molecule has 1 saturated heterocycles. The van der Waals surface area contributed by atoms with Crippen LogP contribution in [0, 0.1) is 5.92 Å². The van der Waals surface area contributed by atoms with Crippen LogP contribution < -0.4 is 10.1 Å². The second-order valence-corrected chi connectivity index (χ2v) is 6.89. The minimum Gasteiger partial charge on any atom is -0.496 e. The lowest BCUT2D eigenvalue weighted by Gasteiger charge is -2.45. The summed E-state index contributed by atoms with van der Waals surface area (Å²) >= 11 is 0. The lowest BCUT2D eigenvalue weighted by molar-refractivity contribution is 0.0752. The Bertz CT molecular complexity index is 468.